The number of alkyl halides is 3. The highest BCUT2D eigenvalue weighted by Crippen LogP contribution is 2.35. The number of nitrogens with zero attached hydrogens (tertiary/aromatic N) is 2. The lowest BCUT2D eigenvalue weighted by atomic mass is 10.1. The van der Waals surface area contributed by atoms with Crippen molar-refractivity contribution >= 4 is 11.6 Å². The van der Waals surface area contributed by atoms with Crippen LogP contribution in [0.3, 0.4) is 0 Å². The lowest BCUT2D eigenvalue weighted by molar-refractivity contribution is -0.137. The number of hydrogen-bond donors (Lipinski definition) is 1. The third-order valence-electron chi connectivity index (χ3n) is 3.41. The highest BCUT2D eigenvalue weighted by atomic mass is 19.4. The van der Waals surface area contributed by atoms with Gasteiger partial charge in [0, 0.05) is 12.6 Å². The van der Waals surface area contributed by atoms with Gasteiger partial charge in [-0.15, -0.1) is 0 Å². The predicted octanol–water partition coefficient (Wildman–Crippen LogP) is 3.18. The van der Waals surface area contributed by atoms with Gasteiger partial charge in [0.25, 0.3) is 11.5 Å². The summed E-state index contributed by atoms with van der Waals surface area (Å²) in [5.41, 5.74) is -1.53. The predicted molar refractivity (Wildman–Crippen MR) is 89.3 cm³/mol. The number of benzene rings is 1. The van der Waals surface area contributed by atoms with Crippen molar-refractivity contribution in [3.63, 3.8) is 0 Å². The molecule has 9 heteroatoms. The van der Waals surface area contributed by atoms with Gasteiger partial charge in [0.05, 0.1) is 18.4 Å². The number of rotatable bonds is 5. The maximum Gasteiger partial charge on any atom is 0.416 e. The minimum Gasteiger partial charge on any atom is -0.495 e. The summed E-state index contributed by atoms with van der Waals surface area (Å²) in [6, 6.07) is 5.16. The molecule has 6 nitrogen and oxygen atoms in total. The summed E-state index contributed by atoms with van der Waals surface area (Å²) in [7, 11) is 1.28. The molecule has 0 aliphatic heterocycles. The number of hydrogen-bond acceptors (Lipinski definition) is 4. The molecule has 0 bridgehead atoms. The molecule has 0 spiro atoms. The third kappa shape index (κ3) is 4.62. The summed E-state index contributed by atoms with van der Waals surface area (Å²) in [5.74, 6) is -0.552. The summed E-state index contributed by atoms with van der Waals surface area (Å²) < 4.78 is 44.8. The van der Waals surface area contributed by atoms with Gasteiger partial charge < -0.3 is 10.1 Å². The molecule has 0 saturated heterocycles. The number of methoxy groups -OCH3 is 1. The Bertz CT molecular complexity index is 860. The molecule has 1 amide bonds. The number of halogens is 3. The van der Waals surface area contributed by atoms with E-state index >= 15 is 0 Å². The van der Waals surface area contributed by atoms with Crippen molar-refractivity contribution in [2.45, 2.75) is 26.6 Å². The van der Waals surface area contributed by atoms with Gasteiger partial charge >= 0.3 is 6.18 Å². The molecular formula is C17H18F3N3O3. The highest BCUT2D eigenvalue weighted by molar-refractivity contribution is 6.03. The molecule has 1 N–H and O–H groups in total. The van der Waals surface area contributed by atoms with Crippen molar-refractivity contribution in [3.05, 3.63) is 51.9 Å². The molecule has 0 fully saturated rings. The average molecular weight is 369 g/mol. The van der Waals surface area contributed by atoms with Crippen molar-refractivity contribution < 1.29 is 22.7 Å². The molecule has 1 heterocycles. The molecule has 2 rings (SSSR count). The number of amides is 1. The SMILES string of the molecule is COc1ccc(C(F)(F)F)cc1NC(=O)c1ccc(=O)n(CC(C)C)n1. The van der Waals surface area contributed by atoms with E-state index in [9.17, 15) is 22.8 Å². The summed E-state index contributed by atoms with van der Waals surface area (Å²) in [5, 5.41) is 6.31. The van der Waals surface area contributed by atoms with E-state index in [1.54, 1.807) is 0 Å². The summed E-state index contributed by atoms with van der Waals surface area (Å²) >= 11 is 0. The fourth-order valence-corrected chi connectivity index (χ4v) is 2.22. The van der Waals surface area contributed by atoms with Gasteiger partial charge in [-0.2, -0.15) is 18.3 Å². The van der Waals surface area contributed by atoms with Crippen molar-refractivity contribution in [2.75, 3.05) is 12.4 Å². The van der Waals surface area contributed by atoms with Crippen LogP contribution in [-0.4, -0.2) is 22.8 Å². The van der Waals surface area contributed by atoms with Crippen molar-refractivity contribution in [2.24, 2.45) is 5.92 Å². The minimum absolute atomic E-state index is 0.0712. The molecule has 0 saturated carbocycles. The lowest BCUT2D eigenvalue weighted by Crippen LogP contribution is -2.27. The first-order chi connectivity index (χ1) is 12.1. The average Bonchev–Trinajstić information content (AvgIpc) is 2.55. The first-order valence-electron chi connectivity index (χ1n) is 7.76. The van der Waals surface area contributed by atoms with Crippen LogP contribution < -0.4 is 15.6 Å². The van der Waals surface area contributed by atoms with E-state index in [1.165, 1.54) is 19.2 Å². The second-order valence-electron chi connectivity index (χ2n) is 6.00. The number of carbonyl (C=O) groups excluding carboxylic acids is 1. The van der Waals surface area contributed by atoms with Gasteiger partial charge in [0.2, 0.25) is 0 Å². The van der Waals surface area contributed by atoms with Gasteiger partial charge in [-0.25, -0.2) is 4.68 Å². The summed E-state index contributed by atoms with van der Waals surface area (Å²) in [6.45, 7) is 4.08. The summed E-state index contributed by atoms with van der Waals surface area (Å²) in [6.07, 6.45) is -4.56. The Labute approximate surface area is 147 Å². The largest absolute Gasteiger partial charge is 0.495 e. The Balaban J connectivity index is 2.34. The topological polar surface area (TPSA) is 73.2 Å². The first kappa shape index (κ1) is 19.5. The quantitative estimate of drug-likeness (QED) is 0.879. The van der Waals surface area contributed by atoms with E-state index in [0.717, 1.165) is 22.9 Å². The lowest BCUT2D eigenvalue weighted by Gasteiger charge is -2.14. The molecular weight excluding hydrogens is 351 g/mol. The van der Waals surface area contributed by atoms with Crippen LogP contribution in [-0.2, 0) is 12.7 Å². The Morgan fingerprint density at radius 1 is 1.27 bits per heavy atom. The maximum absolute atomic E-state index is 12.9. The van der Waals surface area contributed by atoms with E-state index in [4.69, 9.17) is 4.74 Å². The van der Waals surface area contributed by atoms with Crippen LogP contribution in [0, 0.1) is 5.92 Å². The second kappa shape index (κ2) is 7.59. The number of ether oxygens (including phenoxy) is 1. The van der Waals surface area contributed by atoms with Crippen LogP contribution in [0.2, 0.25) is 0 Å². The standard InChI is InChI=1S/C17H18F3N3O3/c1-10(2)9-23-15(24)7-5-12(22-23)16(25)21-13-8-11(17(18,19)20)4-6-14(13)26-3/h4-8,10H,9H2,1-3H3,(H,21,25). The normalized spacial score (nSPS) is 11.5. The molecule has 0 aliphatic rings. The fourth-order valence-electron chi connectivity index (χ4n) is 2.22. The van der Waals surface area contributed by atoms with E-state index in [2.05, 4.69) is 10.4 Å². The van der Waals surface area contributed by atoms with Gasteiger partial charge in [-0.05, 0) is 30.2 Å². The number of nitrogens with one attached hydrogen (secondary N) is 1. The van der Waals surface area contributed by atoms with E-state index in [1.807, 2.05) is 13.8 Å². The van der Waals surface area contributed by atoms with Crippen LogP contribution >= 0.6 is 0 Å². The van der Waals surface area contributed by atoms with Crippen molar-refractivity contribution in [1.29, 1.82) is 0 Å². The Morgan fingerprint density at radius 3 is 2.54 bits per heavy atom. The van der Waals surface area contributed by atoms with E-state index in [0.29, 0.717) is 6.54 Å². The van der Waals surface area contributed by atoms with Gasteiger partial charge in [-0.3, -0.25) is 9.59 Å². The Hall–Kier alpha value is -2.84. The van der Waals surface area contributed by atoms with Crippen LogP contribution in [0.15, 0.2) is 35.1 Å². The molecule has 2 aromatic rings. The van der Waals surface area contributed by atoms with E-state index in [-0.39, 0.29) is 28.6 Å². The molecule has 0 radical (unpaired) electrons. The smallest absolute Gasteiger partial charge is 0.416 e. The zero-order valence-electron chi connectivity index (χ0n) is 14.4. The highest BCUT2D eigenvalue weighted by Gasteiger charge is 2.31. The second-order valence-corrected chi connectivity index (χ2v) is 6.00. The zero-order valence-corrected chi connectivity index (χ0v) is 14.4. The van der Waals surface area contributed by atoms with Crippen LogP contribution in [0.4, 0.5) is 18.9 Å². The van der Waals surface area contributed by atoms with Crippen LogP contribution in [0.25, 0.3) is 0 Å². The Kier molecular flexibility index (Phi) is 5.69. The number of carbonyl (C=O) groups is 1. The minimum atomic E-state index is -4.56. The number of anilines is 1. The van der Waals surface area contributed by atoms with Crippen molar-refractivity contribution in [1.82, 2.24) is 9.78 Å². The Morgan fingerprint density at radius 2 is 1.96 bits per heavy atom. The van der Waals surface area contributed by atoms with E-state index < -0.39 is 17.6 Å². The monoisotopic (exact) mass is 369 g/mol. The molecule has 0 aliphatic carbocycles. The third-order valence-corrected chi connectivity index (χ3v) is 3.41. The molecule has 0 atom stereocenters. The van der Waals surface area contributed by atoms with Crippen LogP contribution in [0.1, 0.15) is 29.9 Å². The van der Waals surface area contributed by atoms with Gasteiger partial charge in [0.15, 0.2) is 0 Å². The number of aromatic nitrogens is 2. The molecule has 0 unspecified atom stereocenters. The molecule has 1 aromatic carbocycles. The molecule has 1 aromatic heterocycles. The maximum atomic E-state index is 12.9. The van der Waals surface area contributed by atoms with Crippen molar-refractivity contribution in [3.8, 4) is 5.75 Å². The molecule has 26 heavy (non-hydrogen) atoms. The zero-order chi connectivity index (χ0) is 19.5. The van der Waals surface area contributed by atoms with Crippen LogP contribution in [0.5, 0.6) is 5.75 Å². The molecule has 140 valence electrons. The fraction of sp³-hybridized carbons (Fsp3) is 0.353. The summed E-state index contributed by atoms with van der Waals surface area (Å²) in [4.78, 5) is 24.1. The first-order valence-corrected chi connectivity index (χ1v) is 7.76. The van der Waals surface area contributed by atoms with Gasteiger partial charge in [0.1, 0.15) is 11.4 Å². The van der Waals surface area contributed by atoms with Gasteiger partial charge in [-0.1, -0.05) is 13.8 Å².